The third-order valence-corrected chi connectivity index (χ3v) is 3.58. The lowest BCUT2D eigenvalue weighted by atomic mass is 10.2. The van der Waals surface area contributed by atoms with Crippen LogP contribution in [0.2, 0.25) is 0 Å². The van der Waals surface area contributed by atoms with Crippen molar-refractivity contribution in [1.82, 2.24) is 9.55 Å². The van der Waals surface area contributed by atoms with Gasteiger partial charge in [-0.25, -0.2) is 4.98 Å². The second-order valence-electron chi connectivity index (χ2n) is 5.31. The van der Waals surface area contributed by atoms with Crippen LogP contribution in [0.5, 0.6) is 0 Å². The number of rotatable bonds is 7. The van der Waals surface area contributed by atoms with Gasteiger partial charge in [0.1, 0.15) is 5.82 Å². The molecule has 2 rings (SSSR count). The van der Waals surface area contributed by atoms with Crippen LogP contribution < -0.4 is 5.56 Å². The molecule has 0 unspecified atom stereocenters. The Morgan fingerprint density at radius 1 is 1.27 bits per heavy atom. The Hall–Kier alpha value is -2.17. The number of nitrogens with zero attached hydrogens (tertiary/aromatic N) is 2. The average Bonchev–Trinajstić information content (AvgIpc) is 2.52. The lowest BCUT2D eigenvalue weighted by molar-refractivity contribution is -0.143. The molecule has 0 radical (unpaired) electrons. The van der Waals surface area contributed by atoms with Crippen LogP contribution in [0.3, 0.4) is 0 Å². The van der Waals surface area contributed by atoms with Gasteiger partial charge in [-0.3, -0.25) is 14.2 Å². The summed E-state index contributed by atoms with van der Waals surface area (Å²) in [5.74, 6) is 0.517. The van der Waals surface area contributed by atoms with Gasteiger partial charge in [0.2, 0.25) is 0 Å². The average molecular weight is 302 g/mol. The fourth-order valence-electron chi connectivity index (χ4n) is 2.34. The van der Waals surface area contributed by atoms with Crippen LogP contribution >= 0.6 is 0 Å². The lowest BCUT2D eigenvalue weighted by Gasteiger charge is -2.11. The molecule has 0 aliphatic heterocycles. The predicted molar refractivity (Wildman–Crippen MR) is 85.8 cm³/mol. The molecule has 1 heterocycles. The number of unbranched alkanes of at least 4 members (excludes halogenated alkanes) is 1. The summed E-state index contributed by atoms with van der Waals surface area (Å²) in [6.45, 7) is 4.70. The van der Waals surface area contributed by atoms with E-state index in [0.717, 1.165) is 12.8 Å². The summed E-state index contributed by atoms with van der Waals surface area (Å²) in [7, 11) is 0. The molecule has 0 atom stereocenters. The first-order valence-electron chi connectivity index (χ1n) is 7.75. The highest BCUT2D eigenvalue weighted by Gasteiger charge is 2.08. The van der Waals surface area contributed by atoms with E-state index in [1.54, 1.807) is 10.6 Å². The van der Waals surface area contributed by atoms with Crippen molar-refractivity contribution in [3.8, 4) is 0 Å². The molecule has 1 aromatic carbocycles. The summed E-state index contributed by atoms with van der Waals surface area (Å²) in [4.78, 5) is 28.3. The van der Waals surface area contributed by atoms with Crippen molar-refractivity contribution in [3.05, 3.63) is 40.4 Å². The van der Waals surface area contributed by atoms with Crippen LogP contribution in [-0.4, -0.2) is 22.1 Å². The SMILES string of the molecule is CCCCC(=O)OCCCn1c(C)nc2ccccc2c1=O. The van der Waals surface area contributed by atoms with E-state index >= 15 is 0 Å². The monoisotopic (exact) mass is 302 g/mol. The van der Waals surface area contributed by atoms with Crippen LogP contribution in [0, 0.1) is 6.92 Å². The zero-order chi connectivity index (χ0) is 15.9. The standard InChI is InChI=1S/C17H22N2O3/c1-3-4-10-16(20)22-12-7-11-19-13(2)18-15-9-6-5-8-14(15)17(19)21/h5-6,8-9H,3-4,7,10-12H2,1-2H3. The van der Waals surface area contributed by atoms with E-state index < -0.39 is 0 Å². The summed E-state index contributed by atoms with van der Waals surface area (Å²) in [6, 6.07) is 7.32. The van der Waals surface area contributed by atoms with Crippen molar-refractivity contribution in [1.29, 1.82) is 0 Å². The van der Waals surface area contributed by atoms with Gasteiger partial charge in [0.15, 0.2) is 0 Å². The van der Waals surface area contributed by atoms with Gasteiger partial charge in [0.05, 0.1) is 17.5 Å². The third-order valence-electron chi connectivity index (χ3n) is 3.58. The Morgan fingerprint density at radius 2 is 2.05 bits per heavy atom. The Morgan fingerprint density at radius 3 is 2.82 bits per heavy atom. The topological polar surface area (TPSA) is 61.2 Å². The summed E-state index contributed by atoms with van der Waals surface area (Å²) >= 11 is 0. The van der Waals surface area contributed by atoms with E-state index in [-0.39, 0.29) is 11.5 Å². The van der Waals surface area contributed by atoms with Gasteiger partial charge in [-0.1, -0.05) is 25.5 Å². The molecule has 0 saturated heterocycles. The Balaban J connectivity index is 1.97. The second kappa shape index (κ2) is 7.73. The minimum atomic E-state index is -0.164. The van der Waals surface area contributed by atoms with E-state index in [1.165, 1.54) is 0 Å². The van der Waals surface area contributed by atoms with Gasteiger partial charge in [0, 0.05) is 13.0 Å². The first-order chi connectivity index (χ1) is 10.6. The number of ether oxygens (including phenoxy) is 1. The molecule has 2 aromatic rings. The highest BCUT2D eigenvalue weighted by molar-refractivity contribution is 5.77. The normalized spacial score (nSPS) is 10.8. The lowest BCUT2D eigenvalue weighted by Crippen LogP contribution is -2.24. The van der Waals surface area contributed by atoms with Crippen LogP contribution in [-0.2, 0) is 16.1 Å². The van der Waals surface area contributed by atoms with E-state index in [4.69, 9.17) is 4.74 Å². The molecule has 0 aliphatic carbocycles. The molecule has 0 saturated carbocycles. The zero-order valence-electron chi connectivity index (χ0n) is 13.2. The smallest absolute Gasteiger partial charge is 0.305 e. The van der Waals surface area contributed by atoms with Gasteiger partial charge in [-0.05, 0) is 31.9 Å². The molecule has 5 heteroatoms. The molecule has 1 aromatic heterocycles. The zero-order valence-corrected chi connectivity index (χ0v) is 13.2. The molecule has 0 fully saturated rings. The molecule has 5 nitrogen and oxygen atoms in total. The van der Waals surface area contributed by atoms with E-state index in [2.05, 4.69) is 4.98 Å². The molecule has 0 bridgehead atoms. The van der Waals surface area contributed by atoms with E-state index in [9.17, 15) is 9.59 Å². The fraction of sp³-hybridized carbons (Fsp3) is 0.471. The van der Waals surface area contributed by atoms with Crippen LogP contribution in [0.1, 0.15) is 38.4 Å². The number of carbonyl (C=O) groups excluding carboxylic acids is 1. The largest absolute Gasteiger partial charge is 0.466 e. The Bertz CT molecular complexity index is 707. The van der Waals surface area contributed by atoms with Gasteiger partial charge >= 0.3 is 5.97 Å². The molecule has 22 heavy (non-hydrogen) atoms. The minimum Gasteiger partial charge on any atom is -0.466 e. The number of hydrogen-bond acceptors (Lipinski definition) is 4. The van der Waals surface area contributed by atoms with Crippen molar-refractivity contribution in [2.45, 2.75) is 46.1 Å². The summed E-state index contributed by atoms with van der Waals surface area (Å²) in [6.07, 6.45) is 2.91. The maximum absolute atomic E-state index is 12.4. The maximum Gasteiger partial charge on any atom is 0.305 e. The van der Waals surface area contributed by atoms with Gasteiger partial charge in [-0.15, -0.1) is 0 Å². The van der Waals surface area contributed by atoms with Crippen molar-refractivity contribution < 1.29 is 9.53 Å². The highest BCUT2D eigenvalue weighted by atomic mass is 16.5. The van der Waals surface area contributed by atoms with Gasteiger partial charge < -0.3 is 4.74 Å². The number of hydrogen-bond donors (Lipinski definition) is 0. The summed E-state index contributed by atoms with van der Waals surface area (Å²) in [5.41, 5.74) is 0.674. The minimum absolute atomic E-state index is 0.0413. The first kappa shape index (κ1) is 16.2. The molecule has 0 N–H and O–H groups in total. The first-order valence-corrected chi connectivity index (χ1v) is 7.75. The van der Waals surface area contributed by atoms with Crippen molar-refractivity contribution in [2.75, 3.05) is 6.61 Å². The fourth-order valence-corrected chi connectivity index (χ4v) is 2.34. The number of aryl methyl sites for hydroxylation is 1. The molecular formula is C17H22N2O3. The quantitative estimate of drug-likeness (QED) is 0.583. The summed E-state index contributed by atoms with van der Waals surface area (Å²) < 4.78 is 6.80. The third kappa shape index (κ3) is 3.93. The maximum atomic E-state index is 12.4. The Labute approximate surface area is 129 Å². The number of aromatic nitrogens is 2. The molecule has 118 valence electrons. The van der Waals surface area contributed by atoms with Crippen molar-refractivity contribution in [2.24, 2.45) is 0 Å². The number of para-hydroxylation sites is 1. The molecule has 0 aliphatic rings. The van der Waals surface area contributed by atoms with E-state index in [1.807, 2.05) is 32.0 Å². The molecule has 0 amide bonds. The number of carbonyl (C=O) groups is 1. The van der Waals surface area contributed by atoms with Crippen molar-refractivity contribution >= 4 is 16.9 Å². The highest BCUT2D eigenvalue weighted by Crippen LogP contribution is 2.07. The van der Waals surface area contributed by atoms with Gasteiger partial charge in [-0.2, -0.15) is 0 Å². The van der Waals surface area contributed by atoms with Crippen LogP contribution in [0.4, 0.5) is 0 Å². The number of esters is 1. The molecule has 0 spiro atoms. The number of fused-ring (bicyclic) bond motifs is 1. The van der Waals surface area contributed by atoms with Crippen molar-refractivity contribution in [3.63, 3.8) is 0 Å². The Kier molecular flexibility index (Phi) is 5.69. The van der Waals surface area contributed by atoms with Crippen LogP contribution in [0.25, 0.3) is 10.9 Å². The molecular weight excluding hydrogens is 280 g/mol. The van der Waals surface area contributed by atoms with Crippen LogP contribution in [0.15, 0.2) is 29.1 Å². The van der Waals surface area contributed by atoms with Gasteiger partial charge in [0.25, 0.3) is 5.56 Å². The predicted octanol–water partition coefficient (Wildman–Crippen LogP) is 2.83. The summed E-state index contributed by atoms with van der Waals surface area (Å²) in [5, 5.41) is 0.619. The van der Waals surface area contributed by atoms with E-state index in [0.29, 0.717) is 42.7 Å². The number of benzene rings is 1. The second-order valence-corrected chi connectivity index (χ2v) is 5.31.